The van der Waals surface area contributed by atoms with Gasteiger partial charge >= 0.3 is 0 Å². The van der Waals surface area contributed by atoms with Gasteiger partial charge in [-0.15, -0.1) is 0 Å². The molecule has 0 atom stereocenters. The molecule has 1 aromatic carbocycles. The standard InChI is InChI=1S/C17H21N3O2/c1-17(7-9-22-10-8-17)12-19-16(21)14-11-18-15(20-14)13-5-3-2-4-6-13/h2-6,11H,7-10,12H2,1H3,(H,18,20)(H,19,21). The molecule has 2 heterocycles. The highest BCUT2D eigenvalue weighted by Gasteiger charge is 2.28. The van der Waals surface area contributed by atoms with Crippen LogP contribution in [0.1, 0.15) is 30.3 Å². The number of hydrogen-bond acceptors (Lipinski definition) is 3. The molecule has 1 amide bonds. The molecule has 22 heavy (non-hydrogen) atoms. The monoisotopic (exact) mass is 299 g/mol. The summed E-state index contributed by atoms with van der Waals surface area (Å²) in [6, 6.07) is 9.77. The Morgan fingerprint density at radius 3 is 2.77 bits per heavy atom. The molecule has 0 bridgehead atoms. The number of benzene rings is 1. The molecule has 5 heteroatoms. The van der Waals surface area contributed by atoms with Crippen molar-refractivity contribution in [3.05, 3.63) is 42.2 Å². The molecule has 1 aliphatic rings. The molecule has 1 aliphatic heterocycles. The Hall–Kier alpha value is -2.14. The van der Waals surface area contributed by atoms with E-state index in [9.17, 15) is 4.79 Å². The molecule has 0 aliphatic carbocycles. The smallest absolute Gasteiger partial charge is 0.269 e. The van der Waals surface area contributed by atoms with E-state index in [4.69, 9.17) is 4.74 Å². The van der Waals surface area contributed by atoms with E-state index in [1.807, 2.05) is 30.3 Å². The van der Waals surface area contributed by atoms with Crippen LogP contribution in [-0.2, 0) is 4.74 Å². The summed E-state index contributed by atoms with van der Waals surface area (Å²) in [5.41, 5.74) is 1.59. The summed E-state index contributed by atoms with van der Waals surface area (Å²) in [7, 11) is 0. The molecule has 0 spiro atoms. The number of H-pyrrole nitrogens is 1. The molecule has 0 radical (unpaired) electrons. The number of hydrogen-bond donors (Lipinski definition) is 2. The van der Waals surface area contributed by atoms with Gasteiger partial charge in [0.05, 0.1) is 6.20 Å². The molecular formula is C17H21N3O2. The highest BCUT2D eigenvalue weighted by atomic mass is 16.5. The van der Waals surface area contributed by atoms with Crippen molar-refractivity contribution in [1.82, 2.24) is 15.3 Å². The first-order valence-corrected chi connectivity index (χ1v) is 7.63. The van der Waals surface area contributed by atoms with E-state index in [0.717, 1.165) is 31.6 Å². The van der Waals surface area contributed by atoms with E-state index in [1.165, 1.54) is 0 Å². The van der Waals surface area contributed by atoms with Crippen LogP contribution in [0.5, 0.6) is 0 Å². The number of nitrogens with zero attached hydrogens (tertiary/aromatic N) is 1. The summed E-state index contributed by atoms with van der Waals surface area (Å²) in [5, 5.41) is 3.01. The lowest BCUT2D eigenvalue weighted by atomic mass is 9.82. The van der Waals surface area contributed by atoms with Crippen molar-refractivity contribution in [2.24, 2.45) is 5.41 Å². The van der Waals surface area contributed by atoms with E-state index in [1.54, 1.807) is 6.20 Å². The molecule has 1 aromatic heterocycles. The van der Waals surface area contributed by atoms with E-state index in [2.05, 4.69) is 22.2 Å². The molecule has 1 fully saturated rings. The lowest BCUT2D eigenvalue weighted by molar-refractivity contribution is 0.0238. The fraction of sp³-hybridized carbons (Fsp3) is 0.412. The normalized spacial score (nSPS) is 17.1. The third kappa shape index (κ3) is 3.36. The SMILES string of the molecule is CC1(CNC(=O)c2cnc(-c3ccccc3)[nH]2)CCOCC1. The topological polar surface area (TPSA) is 67.0 Å². The molecule has 2 aromatic rings. The Morgan fingerprint density at radius 2 is 2.05 bits per heavy atom. The van der Waals surface area contributed by atoms with Crippen molar-refractivity contribution in [1.29, 1.82) is 0 Å². The van der Waals surface area contributed by atoms with Gasteiger partial charge in [0.1, 0.15) is 11.5 Å². The zero-order chi connectivity index (χ0) is 15.4. The van der Waals surface area contributed by atoms with Crippen LogP contribution in [0.4, 0.5) is 0 Å². The second-order valence-electron chi connectivity index (χ2n) is 6.12. The van der Waals surface area contributed by atoms with Crippen LogP contribution in [0, 0.1) is 5.41 Å². The van der Waals surface area contributed by atoms with Gasteiger partial charge in [-0.3, -0.25) is 4.79 Å². The van der Waals surface area contributed by atoms with Gasteiger partial charge in [0.2, 0.25) is 0 Å². The molecule has 1 saturated heterocycles. The van der Waals surface area contributed by atoms with Crippen LogP contribution >= 0.6 is 0 Å². The van der Waals surface area contributed by atoms with Gasteiger partial charge in [0.15, 0.2) is 0 Å². The average Bonchev–Trinajstić information content (AvgIpc) is 3.04. The molecule has 0 unspecified atom stereocenters. The van der Waals surface area contributed by atoms with Crippen LogP contribution in [-0.4, -0.2) is 35.6 Å². The lowest BCUT2D eigenvalue weighted by Crippen LogP contribution is -2.39. The van der Waals surface area contributed by atoms with Gasteiger partial charge in [-0.25, -0.2) is 4.98 Å². The minimum absolute atomic E-state index is 0.109. The van der Waals surface area contributed by atoms with Crippen molar-refractivity contribution in [3.8, 4) is 11.4 Å². The van der Waals surface area contributed by atoms with E-state index < -0.39 is 0 Å². The summed E-state index contributed by atoms with van der Waals surface area (Å²) in [6.45, 7) is 4.40. The van der Waals surface area contributed by atoms with Crippen LogP contribution in [0.2, 0.25) is 0 Å². The third-order valence-corrected chi connectivity index (χ3v) is 4.24. The van der Waals surface area contributed by atoms with Crippen LogP contribution in [0.3, 0.4) is 0 Å². The maximum absolute atomic E-state index is 12.3. The number of carbonyl (C=O) groups excluding carboxylic acids is 1. The second kappa shape index (κ2) is 6.32. The number of ether oxygens (including phenoxy) is 1. The van der Waals surface area contributed by atoms with E-state index in [-0.39, 0.29) is 11.3 Å². The van der Waals surface area contributed by atoms with Crippen molar-refractivity contribution in [2.45, 2.75) is 19.8 Å². The molecule has 3 rings (SSSR count). The Labute approximate surface area is 130 Å². The van der Waals surface area contributed by atoms with Gasteiger partial charge in [0.25, 0.3) is 5.91 Å². The minimum Gasteiger partial charge on any atom is -0.381 e. The number of rotatable bonds is 4. The van der Waals surface area contributed by atoms with Gasteiger partial charge in [-0.05, 0) is 18.3 Å². The number of aromatic nitrogens is 2. The lowest BCUT2D eigenvalue weighted by Gasteiger charge is -2.33. The number of carbonyl (C=O) groups is 1. The average molecular weight is 299 g/mol. The third-order valence-electron chi connectivity index (χ3n) is 4.24. The Balaban J connectivity index is 1.62. The van der Waals surface area contributed by atoms with Crippen molar-refractivity contribution < 1.29 is 9.53 Å². The fourth-order valence-electron chi connectivity index (χ4n) is 2.61. The summed E-state index contributed by atoms with van der Waals surface area (Å²) >= 11 is 0. The van der Waals surface area contributed by atoms with Crippen molar-refractivity contribution in [3.63, 3.8) is 0 Å². The zero-order valence-corrected chi connectivity index (χ0v) is 12.8. The Kier molecular flexibility index (Phi) is 4.24. The molecule has 0 saturated carbocycles. The highest BCUT2D eigenvalue weighted by molar-refractivity contribution is 5.92. The number of amides is 1. The highest BCUT2D eigenvalue weighted by Crippen LogP contribution is 2.28. The van der Waals surface area contributed by atoms with Crippen molar-refractivity contribution in [2.75, 3.05) is 19.8 Å². The Morgan fingerprint density at radius 1 is 1.32 bits per heavy atom. The molecule has 2 N–H and O–H groups in total. The van der Waals surface area contributed by atoms with E-state index >= 15 is 0 Å². The number of aromatic amines is 1. The largest absolute Gasteiger partial charge is 0.381 e. The van der Waals surface area contributed by atoms with Crippen LogP contribution < -0.4 is 5.32 Å². The maximum atomic E-state index is 12.3. The van der Waals surface area contributed by atoms with Gasteiger partial charge in [-0.1, -0.05) is 37.3 Å². The summed E-state index contributed by atoms with van der Waals surface area (Å²) in [4.78, 5) is 19.6. The first-order chi connectivity index (χ1) is 10.7. The summed E-state index contributed by atoms with van der Waals surface area (Å²) < 4.78 is 5.38. The molecular weight excluding hydrogens is 278 g/mol. The quantitative estimate of drug-likeness (QED) is 0.912. The summed E-state index contributed by atoms with van der Waals surface area (Å²) in [5.74, 6) is 0.602. The fourth-order valence-corrected chi connectivity index (χ4v) is 2.61. The van der Waals surface area contributed by atoms with Gasteiger partial charge in [-0.2, -0.15) is 0 Å². The first-order valence-electron chi connectivity index (χ1n) is 7.63. The molecule has 116 valence electrons. The predicted octanol–water partition coefficient (Wildman–Crippen LogP) is 2.62. The van der Waals surface area contributed by atoms with E-state index in [0.29, 0.717) is 18.1 Å². The second-order valence-corrected chi connectivity index (χ2v) is 6.12. The van der Waals surface area contributed by atoms with Crippen molar-refractivity contribution >= 4 is 5.91 Å². The molecule has 5 nitrogen and oxygen atoms in total. The Bertz CT molecular complexity index is 630. The first kappa shape index (κ1) is 14.8. The number of imidazole rings is 1. The summed E-state index contributed by atoms with van der Waals surface area (Å²) in [6.07, 6.45) is 3.54. The minimum atomic E-state index is -0.109. The van der Waals surface area contributed by atoms with Crippen LogP contribution in [0.15, 0.2) is 36.5 Å². The maximum Gasteiger partial charge on any atom is 0.269 e. The predicted molar refractivity (Wildman–Crippen MR) is 84.5 cm³/mol. The number of nitrogens with one attached hydrogen (secondary N) is 2. The van der Waals surface area contributed by atoms with Gasteiger partial charge in [0, 0.05) is 25.3 Å². The van der Waals surface area contributed by atoms with Gasteiger partial charge < -0.3 is 15.0 Å². The van der Waals surface area contributed by atoms with Crippen LogP contribution in [0.25, 0.3) is 11.4 Å². The zero-order valence-electron chi connectivity index (χ0n) is 12.8.